The van der Waals surface area contributed by atoms with Crippen molar-refractivity contribution in [3.8, 4) is 0 Å². The van der Waals surface area contributed by atoms with Crippen LogP contribution in [0.5, 0.6) is 0 Å². The van der Waals surface area contributed by atoms with Gasteiger partial charge in [-0.15, -0.1) is 0 Å². The molecule has 1 atom stereocenters. The first-order valence-electron chi connectivity index (χ1n) is 6.19. The maximum absolute atomic E-state index is 13.1. The Morgan fingerprint density at radius 1 is 1.47 bits per heavy atom. The molecule has 0 aliphatic heterocycles. The maximum atomic E-state index is 13.1. The molecular formula is C14H20FNO. The molecule has 0 amide bonds. The maximum Gasteiger partial charge on any atom is 0.123 e. The summed E-state index contributed by atoms with van der Waals surface area (Å²) in [5.74, 6) is -0.179. The number of hydrogen-bond donors (Lipinski definition) is 1. The van der Waals surface area contributed by atoms with Crippen molar-refractivity contribution in [3.63, 3.8) is 0 Å². The lowest BCUT2D eigenvalue weighted by Gasteiger charge is -2.41. The summed E-state index contributed by atoms with van der Waals surface area (Å²) in [7, 11) is 1.77. The molecule has 94 valence electrons. The van der Waals surface area contributed by atoms with Gasteiger partial charge in [0.1, 0.15) is 5.82 Å². The van der Waals surface area contributed by atoms with Crippen LogP contribution in [0.3, 0.4) is 0 Å². The van der Waals surface area contributed by atoms with Crippen molar-refractivity contribution in [1.82, 2.24) is 5.32 Å². The van der Waals surface area contributed by atoms with E-state index in [0.717, 1.165) is 24.9 Å². The molecule has 1 fully saturated rings. The van der Waals surface area contributed by atoms with E-state index in [2.05, 4.69) is 12.2 Å². The van der Waals surface area contributed by atoms with E-state index in [-0.39, 0.29) is 17.5 Å². The Kier molecular flexibility index (Phi) is 3.79. The normalized spacial score (nSPS) is 19.7. The monoisotopic (exact) mass is 237 g/mol. The molecule has 1 unspecified atom stereocenters. The van der Waals surface area contributed by atoms with E-state index < -0.39 is 0 Å². The van der Waals surface area contributed by atoms with E-state index in [1.165, 1.54) is 12.5 Å². The Morgan fingerprint density at radius 3 is 2.76 bits per heavy atom. The van der Waals surface area contributed by atoms with Crippen LogP contribution in [0.2, 0.25) is 0 Å². The Labute approximate surface area is 102 Å². The number of ether oxygens (including phenoxy) is 1. The third-order valence-corrected chi connectivity index (χ3v) is 3.78. The molecule has 0 saturated heterocycles. The second-order valence-electron chi connectivity index (χ2n) is 4.90. The summed E-state index contributed by atoms with van der Waals surface area (Å²) in [6, 6.07) is 6.90. The van der Waals surface area contributed by atoms with Crippen LogP contribution in [-0.4, -0.2) is 19.3 Å². The minimum Gasteiger partial charge on any atom is -0.377 e. The van der Waals surface area contributed by atoms with Gasteiger partial charge < -0.3 is 10.1 Å². The Hall–Kier alpha value is -0.930. The van der Waals surface area contributed by atoms with Gasteiger partial charge in [-0.05, 0) is 43.9 Å². The van der Waals surface area contributed by atoms with Crippen LogP contribution in [0, 0.1) is 5.82 Å². The highest BCUT2D eigenvalue weighted by molar-refractivity contribution is 5.19. The van der Waals surface area contributed by atoms with E-state index in [9.17, 15) is 4.39 Å². The fourth-order valence-electron chi connectivity index (χ4n) is 2.26. The summed E-state index contributed by atoms with van der Waals surface area (Å²) in [5.41, 5.74) is 0.997. The lowest BCUT2D eigenvalue weighted by molar-refractivity contribution is -0.0706. The van der Waals surface area contributed by atoms with Gasteiger partial charge in [-0.3, -0.25) is 0 Å². The van der Waals surface area contributed by atoms with Crippen molar-refractivity contribution in [2.24, 2.45) is 0 Å². The quantitative estimate of drug-likeness (QED) is 0.850. The Bertz CT molecular complexity index is 371. The van der Waals surface area contributed by atoms with Crippen molar-refractivity contribution in [2.45, 2.75) is 37.8 Å². The predicted octanol–water partition coefficient (Wildman–Crippen LogP) is 3.05. The smallest absolute Gasteiger partial charge is 0.123 e. The van der Waals surface area contributed by atoms with Gasteiger partial charge in [-0.2, -0.15) is 0 Å². The van der Waals surface area contributed by atoms with E-state index in [1.54, 1.807) is 19.2 Å². The third kappa shape index (κ3) is 2.85. The number of halogens is 1. The first-order valence-corrected chi connectivity index (χ1v) is 6.19. The van der Waals surface area contributed by atoms with Gasteiger partial charge in [0.15, 0.2) is 0 Å². The summed E-state index contributed by atoms with van der Waals surface area (Å²) in [4.78, 5) is 0. The second kappa shape index (κ2) is 5.15. The average molecular weight is 237 g/mol. The molecular weight excluding hydrogens is 217 g/mol. The van der Waals surface area contributed by atoms with Crippen molar-refractivity contribution in [1.29, 1.82) is 0 Å². The van der Waals surface area contributed by atoms with Gasteiger partial charge >= 0.3 is 0 Å². The zero-order valence-corrected chi connectivity index (χ0v) is 10.5. The molecule has 1 saturated carbocycles. The number of nitrogens with one attached hydrogen (secondary N) is 1. The van der Waals surface area contributed by atoms with Gasteiger partial charge in [0.2, 0.25) is 0 Å². The summed E-state index contributed by atoms with van der Waals surface area (Å²) in [6.45, 7) is 2.89. The molecule has 1 aliphatic rings. The van der Waals surface area contributed by atoms with Crippen LogP contribution < -0.4 is 5.32 Å². The zero-order valence-electron chi connectivity index (χ0n) is 10.5. The molecule has 0 spiro atoms. The topological polar surface area (TPSA) is 21.3 Å². The van der Waals surface area contributed by atoms with Crippen LogP contribution in [0.1, 0.15) is 37.8 Å². The first-order chi connectivity index (χ1) is 8.15. The van der Waals surface area contributed by atoms with Gasteiger partial charge in [0.05, 0.1) is 5.60 Å². The van der Waals surface area contributed by atoms with Crippen LogP contribution in [0.25, 0.3) is 0 Å². The minimum atomic E-state index is -0.179. The SMILES string of the molecule is COC1(CNC(C)c2cccc(F)c2)CCC1. The van der Waals surface area contributed by atoms with E-state index in [4.69, 9.17) is 4.74 Å². The second-order valence-corrected chi connectivity index (χ2v) is 4.90. The number of benzene rings is 1. The van der Waals surface area contributed by atoms with Crippen LogP contribution in [0.15, 0.2) is 24.3 Å². The fourth-order valence-corrected chi connectivity index (χ4v) is 2.26. The van der Waals surface area contributed by atoms with Crippen molar-refractivity contribution in [3.05, 3.63) is 35.6 Å². The fraction of sp³-hybridized carbons (Fsp3) is 0.571. The molecule has 2 rings (SSSR count). The van der Waals surface area contributed by atoms with Crippen LogP contribution in [0.4, 0.5) is 4.39 Å². The van der Waals surface area contributed by atoms with E-state index in [0.29, 0.717) is 0 Å². The Balaban J connectivity index is 1.91. The van der Waals surface area contributed by atoms with Crippen LogP contribution in [-0.2, 0) is 4.74 Å². The highest BCUT2D eigenvalue weighted by Gasteiger charge is 2.36. The molecule has 2 nitrogen and oxygen atoms in total. The standard InChI is InChI=1S/C14H20FNO/c1-11(12-5-3-6-13(15)9-12)16-10-14(17-2)7-4-8-14/h3,5-6,9,11,16H,4,7-8,10H2,1-2H3. The molecule has 0 aromatic heterocycles. The van der Waals surface area contributed by atoms with Crippen molar-refractivity contribution < 1.29 is 9.13 Å². The van der Waals surface area contributed by atoms with Gasteiger partial charge in [-0.25, -0.2) is 4.39 Å². The average Bonchev–Trinajstić information content (AvgIpc) is 2.28. The molecule has 1 N–H and O–H groups in total. The molecule has 1 aromatic carbocycles. The number of rotatable bonds is 5. The third-order valence-electron chi connectivity index (χ3n) is 3.78. The molecule has 0 radical (unpaired) electrons. The number of hydrogen-bond acceptors (Lipinski definition) is 2. The molecule has 0 heterocycles. The van der Waals surface area contributed by atoms with Gasteiger partial charge in [0, 0.05) is 19.7 Å². The van der Waals surface area contributed by atoms with Crippen molar-refractivity contribution >= 4 is 0 Å². The molecule has 1 aromatic rings. The van der Waals surface area contributed by atoms with Gasteiger partial charge in [-0.1, -0.05) is 12.1 Å². The summed E-state index contributed by atoms with van der Waals surface area (Å²) < 4.78 is 18.6. The lowest BCUT2D eigenvalue weighted by atomic mass is 9.80. The highest BCUT2D eigenvalue weighted by atomic mass is 19.1. The Morgan fingerprint density at radius 2 is 2.24 bits per heavy atom. The largest absolute Gasteiger partial charge is 0.377 e. The molecule has 1 aliphatic carbocycles. The molecule has 17 heavy (non-hydrogen) atoms. The summed E-state index contributed by atoms with van der Waals surface area (Å²) in [5, 5.41) is 3.43. The van der Waals surface area contributed by atoms with Crippen molar-refractivity contribution in [2.75, 3.05) is 13.7 Å². The van der Waals surface area contributed by atoms with Crippen LogP contribution >= 0.6 is 0 Å². The minimum absolute atomic E-state index is 0.0155. The van der Waals surface area contributed by atoms with E-state index >= 15 is 0 Å². The molecule has 3 heteroatoms. The predicted molar refractivity (Wildman–Crippen MR) is 66.4 cm³/mol. The van der Waals surface area contributed by atoms with Gasteiger partial charge in [0.25, 0.3) is 0 Å². The highest BCUT2D eigenvalue weighted by Crippen LogP contribution is 2.34. The summed E-state index contributed by atoms with van der Waals surface area (Å²) >= 11 is 0. The zero-order chi connectivity index (χ0) is 12.3. The lowest BCUT2D eigenvalue weighted by Crippen LogP contribution is -2.48. The number of methoxy groups -OCH3 is 1. The first kappa shape index (κ1) is 12.5. The molecule has 0 bridgehead atoms. The van der Waals surface area contributed by atoms with E-state index in [1.807, 2.05) is 6.07 Å². The summed E-state index contributed by atoms with van der Waals surface area (Å²) in [6.07, 6.45) is 3.47.